The molecule has 2 atom stereocenters. The molecule has 174 valence electrons. The Balaban J connectivity index is 1.50. The number of guanidine groups is 1. The first-order valence-corrected chi connectivity index (χ1v) is 12.1. The standard InChI is InChI=1S/C25H42N4O2/c1-4-26-25(27-18-21-11-13-29(14-12-21)15-17-30-3)28-19-23-6-5-16-31-24(23)22-9-7-20(2)8-10-22/h7-10,21,23-24H,4-6,11-19H2,1-3H3,(H2,26,27,28). The van der Waals surface area contributed by atoms with Crippen LogP contribution in [0.15, 0.2) is 29.3 Å². The van der Waals surface area contributed by atoms with Gasteiger partial charge in [0.1, 0.15) is 0 Å². The van der Waals surface area contributed by atoms with Crippen LogP contribution in [-0.2, 0) is 9.47 Å². The fourth-order valence-electron chi connectivity index (χ4n) is 4.58. The minimum atomic E-state index is 0.168. The predicted octanol–water partition coefficient (Wildman–Crippen LogP) is 3.38. The van der Waals surface area contributed by atoms with Crippen LogP contribution in [0.1, 0.15) is 49.8 Å². The van der Waals surface area contributed by atoms with Gasteiger partial charge >= 0.3 is 0 Å². The number of hydrogen-bond acceptors (Lipinski definition) is 4. The molecule has 0 aromatic heterocycles. The van der Waals surface area contributed by atoms with Gasteiger partial charge in [-0.25, -0.2) is 0 Å². The van der Waals surface area contributed by atoms with E-state index in [4.69, 9.17) is 14.5 Å². The van der Waals surface area contributed by atoms with Gasteiger partial charge in [0, 0.05) is 45.8 Å². The Kier molecular flexibility index (Phi) is 10.1. The summed E-state index contributed by atoms with van der Waals surface area (Å²) in [6, 6.07) is 8.81. The van der Waals surface area contributed by atoms with Crippen LogP contribution >= 0.6 is 0 Å². The molecule has 0 aliphatic carbocycles. The molecule has 0 bridgehead atoms. The lowest BCUT2D eigenvalue weighted by molar-refractivity contribution is -0.0265. The summed E-state index contributed by atoms with van der Waals surface area (Å²) in [6.45, 7) is 12.0. The maximum atomic E-state index is 6.19. The Hall–Kier alpha value is -1.63. The largest absolute Gasteiger partial charge is 0.383 e. The molecule has 0 amide bonds. The van der Waals surface area contributed by atoms with Crippen molar-refractivity contribution in [3.05, 3.63) is 35.4 Å². The lowest BCUT2D eigenvalue weighted by Gasteiger charge is -2.33. The van der Waals surface area contributed by atoms with Crippen molar-refractivity contribution in [2.24, 2.45) is 16.8 Å². The van der Waals surface area contributed by atoms with Crippen molar-refractivity contribution in [3.8, 4) is 0 Å². The third-order valence-electron chi connectivity index (χ3n) is 6.55. The van der Waals surface area contributed by atoms with Gasteiger partial charge in [-0.3, -0.25) is 4.99 Å². The Bertz CT molecular complexity index is 656. The van der Waals surface area contributed by atoms with Crippen molar-refractivity contribution in [3.63, 3.8) is 0 Å². The van der Waals surface area contributed by atoms with Gasteiger partial charge in [-0.05, 0) is 64.1 Å². The number of nitrogens with one attached hydrogen (secondary N) is 2. The van der Waals surface area contributed by atoms with E-state index < -0.39 is 0 Å². The molecular formula is C25H42N4O2. The molecule has 6 nitrogen and oxygen atoms in total. The number of benzene rings is 1. The topological polar surface area (TPSA) is 58.1 Å². The Labute approximate surface area is 188 Å². The first kappa shape index (κ1) is 24.0. The van der Waals surface area contributed by atoms with Gasteiger partial charge in [0.25, 0.3) is 0 Å². The van der Waals surface area contributed by atoms with Crippen LogP contribution in [0.25, 0.3) is 0 Å². The van der Waals surface area contributed by atoms with Crippen LogP contribution in [0.3, 0.4) is 0 Å². The zero-order valence-electron chi connectivity index (χ0n) is 19.7. The quantitative estimate of drug-likeness (QED) is 0.465. The highest BCUT2D eigenvalue weighted by Crippen LogP contribution is 2.33. The Morgan fingerprint density at radius 3 is 2.65 bits per heavy atom. The molecule has 1 aromatic carbocycles. The molecule has 2 unspecified atom stereocenters. The number of aryl methyl sites for hydroxylation is 1. The molecule has 2 N–H and O–H groups in total. The molecule has 2 aliphatic heterocycles. The monoisotopic (exact) mass is 430 g/mol. The molecule has 1 aromatic rings. The normalized spacial score (nSPS) is 23.6. The summed E-state index contributed by atoms with van der Waals surface area (Å²) in [5, 5.41) is 7.04. The Morgan fingerprint density at radius 2 is 1.94 bits per heavy atom. The summed E-state index contributed by atoms with van der Waals surface area (Å²) in [5.74, 6) is 2.08. The maximum Gasteiger partial charge on any atom is 0.191 e. The summed E-state index contributed by atoms with van der Waals surface area (Å²) in [6.07, 6.45) is 4.92. The van der Waals surface area contributed by atoms with E-state index in [0.717, 1.165) is 64.9 Å². The van der Waals surface area contributed by atoms with Crippen molar-refractivity contribution < 1.29 is 9.47 Å². The predicted molar refractivity (Wildman–Crippen MR) is 128 cm³/mol. The highest BCUT2D eigenvalue weighted by molar-refractivity contribution is 5.79. The third kappa shape index (κ3) is 7.78. The number of methoxy groups -OCH3 is 1. The molecule has 3 rings (SSSR count). The third-order valence-corrected chi connectivity index (χ3v) is 6.55. The van der Waals surface area contributed by atoms with Gasteiger partial charge in [-0.15, -0.1) is 0 Å². The lowest BCUT2D eigenvalue weighted by atomic mass is 9.89. The smallest absolute Gasteiger partial charge is 0.191 e. The van der Waals surface area contributed by atoms with Crippen molar-refractivity contribution >= 4 is 5.96 Å². The molecule has 2 heterocycles. The summed E-state index contributed by atoms with van der Waals surface area (Å²) < 4.78 is 11.4. The number of hydrogen-bond donors (Lipinski definition) is 2. The first-order valence-electron chi connectivity index (χ1n) is 12.1. The molecule has 31 heavy (non-hydrogen) atoms. The number of rotatable bonds is 9. The number of aliphatic imine (C=N–C) groups is 1. The molecule has 2 saturated heterocycles. The molecule has 6 heteroatoms. The van der Waals surface area contributed by atoms with Gasteiger partial charge in [0.05, 0.1) is 12.7 Å². The fourth-order valence-corrected chi connectivity index (χ4v) is 4.58. The molecule has 0 radical (unpaired) electrons. The van der Waals surface area contributed by atoms with E-state index in [1.807, 2.05) is 0 Å². The molecule has 0 saturated carbocycles. The minimum absolute atomic E-state index is 0.168. The second-order valence-electron chi connectivity index (χ2n) is 8.98. The molecule has 2 fully saturated rings. The van der Waals surface area contributed by atoms with Crippen LogP contribution in [-0.4, -0.2) is 70.5 Å². The van der Waals surface area contributed by atoms with Crippen molar-refractivity contribution in [2.45, 2.75) is 45.6 Å². The average molecular weight is 431 g/mol. The average Bonchev–Trinajstić information content (AvgIpc) is 2.81. The van der Waals surface area contributed by atoms with Crippen LogP contribution in [0.5, 0.6) is 0 Å². The van der Waals surface area contributed by atoms with Crippen molar-refractivity contribution in [1.82, 2.24) is 15.5 Å². The second-order valence-corrected chi connectivity index (χ2v) is 8.98. The summed E-state index contributed by atoms with van der Waals surface area (Å²) in [7, 11) is 1.78. The maximum absolute atomic E-state index is 6.19. The van der Waals surface area contributed by atoms with Gasteiger partial charge in [-0.1, -0.05) is 29.8 Å². The Morgan fingerprint density at radius 1 is 1.16 bits per heavy atom. The zero-order chi connectivity index (χ0) is 21.9. The number of likely N-dealkylation sites (tertiary alicyclic amines) is 1. The van der Waals surface area contributed by atoms with Crippen molar-refractivity contribution in [1.29, 1.82) is 0 Å². The molecule has 0 spiro atoms. The van der Waals surface area contributed by atoms with E-state index in [9.17, 15) is 0 Å². The minimum Gasteiger partial charge on any atom is -0.383 e. The SMILES string of the molecule is CCNC(=NCC1CCN(CCOC)CC1)NCC1CCCOC1c1ccc(C)cc1. The number of ether oxygens (including phenoxy) is 2. The van der Waals surface area contributed by atoms with Gasteiger partial charge < -0.3 is 25.0 Å². The van der Waals surface area contributed by atoms with E-state index in [1.165, 1.54) is 30.4 Å². The van der Waals surface area contributed by atoms with Gasteiger partial charge in [0.15, 0.2) is 5.96 Å². The highest BCUT2D eigenvalue weighted by atomic mass is 16.5. The summed E-state index contributed by atoms with van der Waals surface area (Å²) in [4.78, 5) is 7.43. The highest BCUT2D eigenvalue weighted by Gasteiger charge is 2.27. The van der Waals surface area contributed by atoms with E-state index in [0.29, 0.717) is 11.8 Å². The van der Waals surface area contributed by atoms with Crippen molar-refractivity contribution in [2.75, 3.05) is 59.6 Å². The second kappa shape index (κ2) is 13.0. The van der Waals surface area contributed by atoms with Crippen LogP contribution < -0.4 is 10.6 Å². The van der Waals surface area contributed by atoms with Gasteiger partial charge in [0.2, 0.25) is 0 Å². The van der Waals surface area contributed by atoms with E-state index >= 15 is 0 Å². The molecule has 2 aliphatic rings. The van der Waals surface area contributed by atoms with Crippen LogP contribution in [0.4, 0.5) is 0 Å². The first-order chi connectivity index (χ1) is 15.2. The summed E-state index contributed by atoms with van der Waals surface area (Å²) in [5.41, 5.74) is 2.58. The van der Waals surface area contributed by atoms with Crippen LogP contribution in [0.2, 0.25) is 0 Å². The van der Waals surface area contributed by atoms with Gasteiger partial charge in [-0.2, -0.15) is 0 Å². The van der Waals surface area contributed by atoms with E-state index in [2.05, 4.69) is 53.6 Å². The fraction of sp³-hybridized carbons (Fsp3) is 0.720. The summed E-state index contributed by atoms with van der Waals surface area (Å²) >= 11 is 0. The lowest BCUT2D eigenvalue weighted by Crippen LogP contribution is -2.42. The van der Waals surface area contributed by atoms with E-state index in [1.54, 1.807) is 7.11 Å². The number of nitrogens with zero attached hydrogens (tertiary/aromatic N) is 2. The van der Waals surface area contributed by atoms with Crippen LogP contribution in [0, 0.1) is 18.8 Å². The van der Waals surface area contributed by atoms with E-state index in [-0.39, 0.29) is 6.10 Å². The zero-order valence-corrected chi connectivity index (χ0v) is 19.7. The number of piperidine rings is 1. The molecular weight excluding hydrogens is 388 g/mol.